The van der Waals surface area contributed by atoms with Crippen molar-refractivity contribution in [2.45, 2.75) is 101 Å². The van der Waals surface area contributed by atoms with Crippen LogP contribution in [-0.4, -0.2) is 140 Å². The van der Waals surface area contributed by atoms with Crippen LogP contribution in [0.25, 0.3) is 43.4 Å². The first-order chi connectivity index (χ1) is 46.7. The number of aromatic nitrogens is 7. The van der Waals surface area contributed by atoms with E-state index in [1.165, 1.54) is 49.7 Å². The Bertz CT molecular complexity index is 4430. The SMILES string of the molecule is Cc1sc2nc1C(=O)N[C@@H]([C@H](O)c1ccccc1)c1nc(cs1)C(=O)N[C@@H](Cc1ccc(OCCCNC(=N)N)cc1)C(=O)N1C[C@H](O)[C@H](C)[C@H]1c1nc(cs1)-c1nc(cs1)-c1nc(-c3nc(C(=O)N[C@H]4CC[C@H](C(=O)O)CC4)cs3)ccc1-c1nc(cs1)C(=O)N[C@H]2CC(N)=O. The zero-order chi connectivity index (χ0) is 68.2. The number of ether oxygens (including phenoxy) is 1. The zero-order valence-corrected chi connectivity index (χ0v) is 56.7. The monoisotopic (exact) mass is 1420 g/mol. The topological polar surface area (TPSA) is 419 Å². The number of nitrogens with two attached hydrogens (primary N) is 2. The van der Waals surface area contributed by atoms with E-state index in [0.29, 0.717) is 115 Å². The number of nitrogens with one attached hydrogen (secondary N) is 6. The summed E-state index contributed by atoms with van der Waals surface area (Å²) < 4.78 is 5.93. The first kappa shape index (κ1) is 67.6. The number of carbonyl (C=O) groups is 7. The molecule has 12 rings (SSSR count). The van der Waals surface area contributed by atoms with Crippen LogP contribution < -0.4 is 42.8 Å². The fourth-order valence-electron chi connectivity index (χ4n) is 11.6. The Balaban J connectivity index is 0.916. The van der Waals surface area contributed by atoms with Gasteiger partial charge in [-0.3, -0.25) is 39.0 Å². The van der Waals surface area contributed by atoms with Crippen molar-refractivity contribution in [2.75, 3.05) is 19.7 Å². The number of aliphatic carboxylic acids is 1. The number of aliphatic hydroxyl groups is 2. The number of hydrogen-bond donors (Lipinski definition) is 11. The number of carboxylic acids is 1. The molecule has 7 aromatic heterocycles. The average Bonchev–Trinajstić information content (AvgIpc) is 1.65. The number of fused-ring (bicyclic) bond motifs is 16. The Kier molecular flexibility index (Phi) is 20.6. The maximum atomic E-state index is 15.4. The Labute approximate surface area is 577 Å². The van der Waals surface area contributed by atoms with Crippen molar-refractivity contribution in [2.24, 2.45) is 23.3 Å². The van der Waals surface area contributed by atoms with E-state index < -0.39 is 96.0 Å². The van der Waals surface area contributed by atoms with E-state index in [-0.39, 0.29) is 57.8 Å². The molecule has 10 bridgehead atoms. The van der Waals surface area contributed by atoms with Crippen molar-refractivity contribution in [3.63, 3.8) is 0 Å². The van der Waals surface area contributed by atoms with Crippen molar-refractivity contribution in [3.05, 3.63) is 147 Å². The number of thiazole rings is 6. The molecule has 3 aliphatic rings. The number of hydrogen-bond acceptors (Lipinski definition) is 24. The van der Waals surface area contributed by atoms with Gasteiger partial charge in [0.2, 0.25) is 11.8 Å². The molecular formula is C64H64N16O11S6. The second-order valence-corrected chi connectivity index (χ2v) is 29.0. The summed E-state index contributed by atoms with van der Waals surface area (Å²) in [5.41, 5.74) is 14.2. The highest BCUT2D eigenvalue weighted by atomic mass is 32.1. The number of aryl methyl sites for hydroxylation is 1. The van der Waals surface area contributed by atoms with Gasteiger partial charge >= 0.3 is 5.97 Å². The number of carboxylic acid groups (broad SMARTS) is 1. The fourth-order valence-corrected chi connectivity index (χ4v) is 16.9. The predicted molar refractivity (Wildman–Crippen MR) is 365 cm³/mol. The van der Waals surface area contributed by atoms with Crippen molar-refractivity contribution >= 4 is 115 Å². The minimum Gasteiger partial charge on any atom is -0.494 e. The molecule has 6 amide bonds. The number of primary amides is 1. The van der Waals surface area contributed by atoms with Crippen LogP contribution in [0.15, 0.2) is 93.6 Å². The van der Waals surface area contributed by atoms with Crippen LogP contribution in [0, 0.1) is 24.2 Å². The van der Waals surface area contributed by atoms with Gasteiger partial charge in [0.15, 0.2) is 5.96 Å². The summed E-state index contributed by atoms with van der Waals surface area (Å²) in [7, 11) is 0. The van der Waals surface area contributed by atoms with Gasteiger partial charge in [-0.15, -0.1) is 68.0 Å². The molecule has 1 saturated heterocycles. The van der Waals surface area contributed by atoms with Gasteiger partial charge in [-0.2, -0.15) is 0 Å². The number of carbonyl (C=O) groups excluding carboxylic acids is 6. The lowest BCUT2D eigenvalue weighted by atomic mass is 9.86. The number of pyridine rings is 1. The van der Waals surface area contributed by atoms with Crippen LogP contribution in [0.1, 0.15) is 143 Å². The van der Waals surface area contributed by atoms with Gasteiger partial charge in [0, 0.05) is 68.8 Å². The second kappa shape index (κ2) is 29.6. The summed E-state index contributed by atoms with van der Waals surface area (Å²) in [5.74, 6) is -5.36. The summed E-state index contributed by atoms with van der Waals surface area (Å²) in [6.45, 7) is 4.11. The van der Waals surface area contributed by atoms with Crippen molar-refractivity contribution in [1.29, 1.82) is 5.41 Å². The Morgan fingerprint density at radius 3 is 2.11 bits per heavy atom. The lowest BCUT2D eigenvalue weighted by Gasteiger charge is -2.29. The molecule has 0 spiro atoms. The Morgan fingerprint density at radius 2 is 1.37 bits per heavy atom. The summed E-state index contributed by atoms with van der Waals surface area (Å²) in [5, 5.41) is 65.3. The van der Waals surface area contributed by atoms with E-state index in [2.05, 4.69) is 41.5 Å². The van der Waals surface area contributed by atoms with Gasteiger partial charge in [0.1, 0.15) is 93.8 Å². The van der Waals surface area contributed by atoms with Crippen LogP contribution in [0.3, 0.4) is 0 Å². The number of aliphatic hydroxyl groups excluding tert-OH is 2. The molecule has 1 aliphatic carbocycles. The minimum atomic E-state index is -1.43. The lowest BCUT2D eigenvalue weighted by Crippen LogP contribution is -2.50. The molecule has 1 saturated carbocycles. The van der Waals surface area contributed by atoms with Crippen LogP contribution in [0.2, 0.25) is 0 Å². The van der Waals surface area contributed by atoms with Crippen molar-refractivity contribution in [3.8, 4) is 49.1 Å². The van der Waals surface area contributed by atoms with E-state index in [1.807, 2.05) is 6.92 Å². The van der Waals surface area contributed by atoms with Gasteiger partial charge in [-0.1, -0.05) is 49.4 Å². The highest BCUT2D eigenvalue weighted by Gasteiger charge is 2.46. The number of nitrogens with zero attached hydrogens (tertiary/aromatic N) is 8. The van der Waals surface area contributed by atoms with Crippen molar-refractivity contribution in [1.82, 2.24) is 66.4 Å². The van der Waals surface area contributed by atoms with E-state index in [9.17, 15) is 44.1 Å². The molecule has 27 nitrogen and oxygen atoms in total. The summed E-state index contributed by atoms with van der Waals surface area (Å²) in [4.78, 5) is 133. The maximum Gasteiger partial charge on any atom is 0.306 e. The van der Waals surface area contributed by atoms with E-state index >= 15 is 4.79 Å². The summed E-state index contributed by atoms with van der Waals surface area (Å²) >= 11 is 6.90. The van der Waals surface area contributed by atoms with Gasteiger partial charge in [-0.05, 0) is 74.4 Å². The summed E-state index contributed by atoms with van der Waals surface area (Å²) in [6.07, 6.45) is -0.361. The standard InChI is InChI=1S/C64H64N16O11S6/c1-29-45(81)23-80-50(29)61-77-44(28-96-61)58-73-40(24-93-58)48-36(17-18-37(70-48)57-75-41(26-94-57)52(84)69-34-13-11-33(12-14-34)63(89)90)56-74-42(25-92-56)53(85)71-38(22-46(65)82)59-79-47(30(2)97-59)55(87)78-49(51(83)32-7-4-3-5-8-32)60-76-43(27-95-60)54(86)72-39(62(80)88)21-31-9-15-35(16-10-31)91-20-6-19-68-64(66)67/h3-5,7-10,15-18,24-29,33-34,38-39,45,49-51,81,83H,6,11-14,19-23H2,1-2H3,(H2,65,82)(H,69,84)(H,71,85)(H,72,86)(H,78,87)(H,89,90)(H4,66,67,68)/t29-,33-,34-,38-,39-,45-,49-,50-,51+/m0/s1. The first-order valence-corrected chi connectivity index (χ1v) is 36.0. The largest absolute Gasteiger partial charge is 0.494 e. The van der Waals surface area contributed by atoms with Crippen LogP contribution >= 0.6 is 68.0 Å². The smallest absolute Gasteiger partial charge is 0.306 e. The quantitative estimate of drug-likeness (QED) is 0.0274. The molecule has 2 fully saturated rings. The number of benzene rings is 2. The van der Waals surface area contributed by atoms with Gasteiger partial charge in [0.25, 0.3) is 23.6 Å². The van der Waals surface area contributed by atoms with E-state index in [4.69, 9.17) is 41.5 Å². The third kappa shape index (κ3) is 15.4. The van der Waals surface area contributed by atoms with Gasteiger partial charge in [0.05, 0.1) is 42.8 Å². The molecule has 502 valence electrons. The molecule has 2 aliphatic heterocycles. The maximum absolute atomic E-state index is 15.4. The molecule has 0 unspecified atom stereocenters. The van der Waals surface area contributed by atoms with Gasteiger partial charge in [-0.25, -0.2) is 34.9 Å². The molecule has 13 N–H and O–H groups in total. The van der Waals surface area contributed by atoms with E-state index in [1.54, 1.807) is 89.8 Å². The number of amides is 6. The van der Waals surface area contributed by atoms with Crippen LogP contribution in [0.4, 0.5) is 0 Å². The Morgan fingerprint density at radius 1 is 0.711 bits per heavy atom. The molecule has 9 aromatic rings. The number of guanidine groups is 1. The highest BCUT2D eigenvalue weighted by Crippen LogP contribution is 2.43. The molecular weight excluding hydrogens is 1360 g/mol. The zero-order valence-electron chi connectivity index (χ0n) is 51.8. The molecule has 33 heteroatoms. The second-order valence-electron chi connectivity index (χ2n) is 23.4. The normalized spacial score (nSPS) is 20.9. The summed E-state index contributed by atoms with van der Waals surface area (Å²) in [6, 6.07) is 14.4. The van der Waals surface area contributed by atoms with Crippen LogP contribution in [0.5, 0.6) is 5.75 Å². The molecule has 9 heterocycles. The molecule has 7 atom stereocenters. The predicted octanol–water partition coefficient (Wildman–Crippen LogP) is 7.21. The fraction of sp³-hybridized carbons (Fsp3) is 0.328. The lowest BCUT2D eigenvalue weighted by molar-refractivity contribution is -0.143. The van der Waals surface area contributed by atoms with Crippen LogP contribution in [-0.2, 0) is 20.8 Å². The molecule has 0 radical (unpaired) electrons. The van der Waals surface area contributed by atoms with Crippen molar-refractivity contribution < 1.29 is 53.6 Å². The first-order valence-electron chi connectivity index (χ1n) is 30.7. The minimum absolute atomic E-state index is 0.0235. The Hall–Kier alpha value is -9.35. The molecule has 2 aromatic carbocycles. The molecule has 97 heavy (non-hydrogen) atoms. The highest BCUT2D eigenvalue weighted by molar-refractivity contribution is 7.15. The van der Waals surface area contributed by atoms with Gasteiger partial charge < -0.3 is 63.0 Å². The van der Waals surface area contributed by atoms with E-state index in [0.717, 1.165) is 34.0 Å². The third-order valence-electron chi connectivity index (χ3n) is 16.8. The third-order valence-corrected chi connectivity index (χ3v) is 22.3. The number of rotatable bonds is 15. The average molecular weight is 1430 g/mol.